The van der Waals surface area contributed by atoms with E-state index in [2.05, 4.69) is 29.5 Å². The highest BCUT2D eigenvalue weighted by Gasteiger charge is 2.11. The second kappa shape index (κ2) is 11.5. The van der Waals surface area contributed by atoms with E-state index < -0.39 is 0 Å². The molecule has 1 rings (SSSR count). The Labute approximate surface area is 167 Å². The number of likely N-dealkylation sites (N-methyl/N-ethyl adjacent to an activating group) is 1. The van der Waals surface area contributed by atoms with E-state index in [-0.39, 0.29) is 48.5 Å². The molecule has 1 aromatic carbocycles. The molecule has 0 aliphatic carbocycles. The van der Waals surface area contributed by atoms with Gasteiger partial charge in [-0.3, -0.25) is 4.79 Å². The van der Waals surface area contributed by atoms with Gasteiger partial charge in [0.1, 0.15) is 6.54 Å². The maximum absolute atomic E-state index is 11.7. The highest BCUT2D eigenvalue weighted by atomic mass is 127. The molecule has 0 saturated heterocycles. The lowest BCUT2D eigenvalue weighted by atomic mass is 10.1. The van der Waals surface area contributed by atoms with Crippen LogP contribution < -0.4 is 10.6 Å². The molecule has 136 valence electrons. The van der Waals surface area contributed by atoms with Gasteiger partial charge < -0.3 is 15.5 Å². The zero-order valence-corrected chi connectivity index (χ0v) is 18.1. The number of aliphatic imine (C=N–C) groups is 1. The number of hydrogen-bond acceptors (Lipinski definition) is 2. The topological polar surface area (TPSA) is 56.7 Å². The number of carbonyl (C=O) groups excluding carboxylic acids is 1. The van der Waals surface area contributed by atoms with Gasteiger partial charge in [-0.05, 0) is 38.0 Å². The van der Waals surface area contributed by atoms with Gasteiger partial charge >= 0.3 is 0 Å². The first kappa shape index (κ1) is 23.0. The van der Waals surface area contributed by atoms with Gasteiger partial charge in [-0.25, -0.2) is 4.99 Å². The van der Waals surface area contributed by atoms with Crippen LogP contribution in [0.4, 0.5) is 0 Å². The van der Waals surface area contributed by atoms with Gasteiger partial charge in [0.25, 0.3) is 0 Å². The monoisotopic (exact) mass is 466 g/mol. The van der Waals surface area contributed by atoms with E-state index in [1.807, 2.05) is 31.2 Å². The predicted octanol–water partition coefficient (Wildman–Crippen LogP) is 3.44. The Morgan fingerprint density at radius 2 is 1.79 bits per heavy atom. The molecule has 24 heavy (non-hydrogen) atoms. The van der Waals surface area contributed by atoms with Crippen LogP contribution in [-0.2, 0) is 4.79 Å². The SMILES string of the molecule is CCC(C)NC(=NCC(=O)N(C)C)NC(C)c1ccc(Cl)cc1.I. The molecule has 0 saturated carbocycles. The number of guanidine groups is 1. The van der Waals surface area contributed by atoms with E-state index in [0.29, 0.717) is 11.0 Å². The molecule has 0 aromatic heterocycles. The van der Waals surface area contributed by atoms with Crippen LogP contribution in [-0.4, -0.2) is 43.4 Å². The molecule has 2 atom stereocenters. The summed E-state index contributed by atoms with van der Waals surface area (Å²) >= 11 is 5.93. The fourth-order valence-corrected chi connectivity index (χ4v) is 1.92. The van der Waals surface area contributed by atoms with Gasteiger partial charge in [0.05, 0.1) is 6.04 Å². The van der Waals surface area contributed by atoms with Crippen LogP contribution in [0.25, 0.3) is 0 Å². The Balaban J connectivity index is 0.00000529. The van der Waals surface area contributed by atoms with Crippen LogP contribution in [0.15, 0.2) is 29.3 Å². The zero-order chi connectivity index (χ0) is 17.4. The maximum atomic E-state index is 11.7. The Morgan fingerprint density at radius 1 is 1.21 bits per heavy atom. The van der Waals surface area contributed by atoms with Crippen molar-refractivity contribution in [2.75, 3.05) is 20.6 Å². The Hall–Kier alpha value is -1.02. The Morgan fingerprint density at radius 3 is 2.29 bits per heavy atom. The number of rotatable bonds is 6. The summed E-state index contributed by atoms with van der Waals surface area (Å²) < 4.78 is 0. The van der Waals surface area contributed by atoms with E-state index >= 15 is 0 Å². The molecule has 0 fully saturated rings. The van der Waals surface area contributed by atoms with Crippen LogP contribution in [0.2, 0.25) is 5.02 Å². The largest absolute Gasteiger partial charge is 0.354 e. The molecule has 2 unspecified atom stereocenters. The van der Waals surface area contributed by atoms with E-state index in [9.17, 15) is 4.79 Å². The first-order chi connectivity index (χ1) is 10.8. The second-order valence-electron chi connectivity index (χ2n) is 5.82. The second-order valence-corrected chi connectivity index (χ2v) is 6.26. The Kier molecular flexibility index (Phi) is 11.0. The third-order valence-corrected chi connectivity index (χ3v) is 3.84. The number of carbonyl (C=O) groups is 1. The van der Waals surface area contributed by atoms with Gasteiger partial charge in [-0.2, -0.15) is 0 Å². The summed E-state index contributed by atoms with van der Waals surface area (Å²) in [7, 11) is 3.45. The average molecular weight is 467 g/mol. The fraction of sp³-hybridized carbons (Fsp3) is 0.529. The molecular weight excluding hydrogens is 439 g/mol. The van der Waals surface area contributed by atoms with Crippen LogP contribution in [0.3, 0.4) is 0 Å². The third kappa shape index (κ3) is 8.19. The van der Waals surface area contributed by atoms with Crippen molar-refractivity contribution in [3.8, 4) is 0 Å². The molecule has 0 heterocycles. The minimum atomic E-state index is -0.0330. The molecule has 0 spiro atoms. The van der Waals surface area contributed by atoms with E-state index in [1.165, 1.54) is 4.90 Å². The van der Waals surface area contributed by atoms with Crippen molar-refractivity contribution in [2.24, 2.45) is 4.99 Å². The zero-order valence-electron chi connectivity index (χ0n) is 15.0. The van der Waals surface area contributed by atoms with Gasteiger partial charge in [-0.15, -0.1) is 24.0 Å². The summed E-state index contributed by atoms with van der Waals surface area (Å²) in [5.41, 5.74) is 1.10. The molecule has 0 radical (unpaired) electrons. The normalized spacial score (nSPS) is 13.5. The third-order valence-electron chi connectivity index (χ3n) is 3.59. The van der Waals surface area contributed by atoms with Crippen LogP contribution in [0.5, 0.6) is 0 Å². The smallest absolute Gasteiger partial charge is 0.243 e. The van der Waals surface area contributed by atoms with Crippen molar-refractivity contribution in [3.63, 3.8) is 0 Å². The van der Waals surface area contributed by atoms with Crippen molar-refractivity contribution in [2.45, 2.75) is 39.3 Å². The lowest BCUT2D eigenvalue weighted by molar-refractivity contribution is -0.127. The molecule has 0 aliphatic heterocycles. The van der Waals surface area contributed by atoms with Crippen molar-refractivity contribution in [1.82, 2.24) is 15.5 Å². The lowest BCUT2D eigenvalue weighted by Gasteiger charge is -2.21. The number of benzene rings is 1. The summed E-state index contributed by atoms with van der Waals surface area (Å²) in [5.74, 6) is 0.603. The summed E-state index contributed by atoms with van der Waals surface area (Å²) in [4.78, 5) is 17.7. The predicted molar refractivity (Wildman–Crippen MR) is 112 cm³/mol. The van der Waals surface area contributed by atoms with Gasteiger partial charge in [0, 0.05) is 25.2 Å². The minimum Gasteiger partial charge on any atom is -0.354 e. The summed E-state index contributed by atoms with van der Waals surface area (Å²) in [6, 6.07) is 8.01. The van der Waals surface area contributed by atoms with Gasteiger partial charge in [0.2, 0.25) is 5.91 Å². The summed E-state index contributed by atoms with van der Waals surface area (Å²) in [5, 5.41) is 7.36. The average Bonchev–Trinajstić information content (AvgIpc) is 2.52. The molecule has 2 N–H and O–H groups in total. The number of hydrogen-bond donors (Lipinski definition) is 2. The molecule has 5 nitrogen and oxygen atoms in total. The summed E-state index contributed by atoms with van der Waals surface area (Å²) in [6.45, 7) is 6.34. The number of nitrogens with one attached hydrogen (secondary N) is 2. The number of amides is 1. The van der Waals surface area contributed by atoms with Crippen molar-refractivity contribution in [1.29, 1.82) is 0 Å². The fourth-order valence-electron chi connectivity index (χ4n) is 1.80. The molecule has 0 aliphatic rings. The highest BCUT2D eigenvalue weighted by Crippen LogP contribution is 2.15. The first-order valence-corrected chi connectivity index (χ1v) is 8.24. The number of nitrogens with zero attached hydrogens (tertiary/aromatic N) is 2. The van der Waals surface area contributed by atoms with Crippen LogP contribution in [0.1, 0.15) is 38.8 Å². The molecule has 1 aromatic rings. The molecule has 1 amide bonds. The highest BCUT2D eigenvalue weighted by molar-refractivity contribution is 14.0. The minimum absolute atomic E-state index is 0. The Bertz CT molecular complexity index is 534. The lowest BCUT2D eigenvalue weighted by Crippen LogP contribution is -2.43. The van der Waals surface area contributed by atoms with Crippen LogP contribution in [0, 0.1) is 0 Å². The first-order valence-electron chi connectivity index (χ1n) is 7.86. The van der Waals surface area contributed by atoms with E-state index in [0.717, 1.165) is 12.0 Å². The molecule has 7 heteroatoms. The van der Waals surface area contributed by atoms with Crippen LogP contribution >= 0.6 is 35.6 Å². The van der Waals surface area contributed by atoms with E-state index in [1.54, 1.807) is 14.1 Å². The standard InChI is InChI=1S/C17H27ClN4O.HI/c1-6-12(2)20-17(19-11-16(23)22(4)5)21-13(3)14-7-9-15(18)10-8-14;/h7-10,12-13H,6,11H2,1-5H3,(H2,19,20,21);1H. The van der Waals surface area contributed by atoms with Crippen molar-refractivity contribution in [3.05, 3.63) is 34.9 Å². The van der Waals surface area contributed by atoms with Gasteiger partial charge in [0.15, 0.2) is 5.96 Å². The quantitative estimate of drug-likeness (QED) is 0.384. The molecule has 0 bridgehead atoms. The van der Waals surface area contributed by atoms with E-state index in [4.69, 9.17) is 11.6 Å². The van der Waals surface area contributed by atoms with Gasteiger partial charge in [-0.1, -0.05) is 30.7 Å². The summed E-state index contributed by atoms with van der Waals surface area (Å²) in [6.07, 6.45) is 0.970. The van der Waals surface area contributed by atoms with Crippen molar-refractivity contribution < 1.29 is 4.79 Å². The van der Waals surface area contributed by atoms with Crippen molar-refractivity contribution >= 4 is 47.4 Å². The molecular formula is C17H28ClIN4O. The maximum Gasteiger partial charge on any atom is 0.243 e. The number of halogens is 2.